The van der Waals surface area contributed by atoms with Crippen molar-refractivity contribution >= 4 is 50.2 Å². The van der Waals surface area contributed by atoms with Gasteiger partial charge in [-0.15, -0.1) is 0 Å². The minimum absolute atomic E-state index is 0.281. The molecule has 1 aromatic heterocycles. The maximum atomic E-state index is 13.2. The van der Waals surface area contributed by atoms with Gasteiger partial charge >= 0.3 is 0 Å². The van der Waals surface area contributed by atoms with E-state index in [4.69, 9.17) is 0 Å². The van der Waals surface area contributed by atoms with Crippen LogP contribution in [0.3, 0.4) is 0 Å². The first-order valence-electron chi connectivity index (χ1n) is 4.76. The molecule has 2 aromatic rings. The molecule has 3 nitrogen and oxygen atoms in total. The van der Waals surface area contributed by atoms with E-state index in [1.165, 1.54) is 6.07 Å². The van der Waals surface area contributed by atoms with Gasteiger partial charge in [0.1, 0.15) is 5.82 Å². The molecular weight excluding hydrogens is 400 g/mol. The van der Waals surface area contributed by atoms with Crippen molar-refractivity contribution in [3.63, 3.8) is 0 Å². The molecule has 0 unspecified atom stereocenters. The third kappa shape index (κ3) is 3.12. The van der Waals surface area contributed by atoms with Crippen LogP contribution in [0.2, 0.25) is 0 Å². The molecule has 1 N–H and O–H groups in total. The molecule has 0 bridgehead atoms. The van der Waals surface area contributed by atoms with Crippen molar-refractivity contribution in [3.8, 4) is 0 Å². The lowest BCUT2D eigenvalue weighted by atomic mass is 10.2. The van der Waals surface area contributed by atoms with E-state index >= 15 is 0 Å². The van der Waals surface area contributed by atoms with E-state index in [2.05, 4.69) is 53.8 Å². The zero-order valence-corrected chi connectivity index (χ0v) is 12.6. The third-order valence-corrected chi connectivity index (χ3v) is 3.30. The molecule has 6 heteroatoms. The second-order valence-corrected chi connectivity index (χ2v) is 5.53. The van der Waals surface area contributed by atoms with Crippen molar-refractivity contribution < 1.29 is 4.39 Å². The van der Waals surface area contributed by atoms with Crippen LogP contribution in [0.1, 0.15) is 5.56 Å². The normalized spacial score (nSPS) is 10.4. The third-order valence-electron chi connectivity index (χ3n) is 2.13. The molecule has 0 amide bonds. The van der Waals surface area contributed by atoms with Gasteiger partial charge in [0, 0.05) is 21.7 Å². The van der Waals surface area contributed by atoms with Crippen molar-refractivity contribution in [1.82, 2.24) is 9.97 Å². The van der Waals surface area contributed by atoms with Crippen LogP contribution in [-0.4, -0.2) is 9.97 Å². The lowest BCUT2D eigenvalue weighted by Gasteiger charge is -2.09. The van der Waals surface area contributed by atoms with Crippen molar-refractivity contribution in [2.45, 2.75) is 6.92 Å². The Balaban J connectivity index is 2.30. The van der Waals surface area contributed by atoms with Crippen LogP contribution in [0.25, 0.3) is 0 Å². The van der Waals surface area contributed by atoms with Crippen LogP contribution in [0.15, 0.2) is 29.0 Å². The second-order valence-electron chi connectivity index (χ2n) is 3.43. The summed E-state index contributed by atoms with van der Waals surface area (Å²) in [4.78, 5) is 8.26. The minimum atomic E-state index is -0.281. The fourth-order valence-corrected chi connectivity index (χ4v) is 1.90. The Bertz CT molecular complexity index is 545. The van der Waals surface area contributed by atoms with E-state index in [1.54, 1.807) is 18.5 Å². The highest BCUT2D eigenvalue weighted by Gasteiger charge is 2.06. The van der Waals surface area contributed by atoms with Crippen LogP contribution in [0.4, 0.5) is 16.0 Å². The van der Waals surface area contributed by atoms with Gasteiger partial charge in [0.2, 0.25) is 5.95 Å². The van der Waals surface area contributed by atoms with Crippen molar-refractivity contribution in [1.29, 1.82) is 0 Å². The highest BCUT2D eigenvalue weighted by Crippen LogP contribution is 2.25. The number of anilines is 2. The Kier molecular flexibility index (Phi) is 3.93. The quantitative estimate of drug-likeness (QED) is 0.763. The molecule has 0 atom stereocenters. The maximum Gasteiger partial charge on any atom is 0.227 e. The van der Waals surface area contributed by atoms with Gasteiger partial charge in [-0.05, 0) is 63.1 Å². The van der Waals surface area contributed by atoms with Crippen molar-refractivity contribution in [3.05, 3.63) is 43.9 Å². The summed E-state index contributed by atoms with van der Waals surface area (Å²) in [5.41, 5.74) is 1.58. The Labute approximate surface area is 120 Å². The summed E-state index contributed by atoms with van der Waals surface area (Å²) in [7, 11) is 0. The molecule has 1 aromatic carbocycles. The number of nitrogens with zero attached hydrogens (tertiary/aromatic N) is 2. The molecule has 1 heterocycles. The summed E-state index contributed by atoms with van der Waals surface area (Å²) in [5, 5.41) is 3.05. The SMILES string of the molecule is Cc1cc(F)c(Br)cc1Nc1ncc(I)cn1. The number of rotatable bonds is 2. The monoisotopic (exact) mass is 407 g/mol. The fraction of sp³-hybridized carbons (Fsp3) is 0.0909. The summed E-state index contributed by atoms with van der Waals surface area (Å²) < 4.78 is 14.6. The molecular formula is C11H8BrFIN3. The van der Waals surface area contributed by atoms with Gasteiger partial charge in [-0.3, -0.25) is 0 Å². The lowest BCUT2D eigenvalue weighted by Crippen LogP contribution is -1.99. The van der Waals surface area contributed by atoms with Gasteiger partial charge in [-0.2, -0.15) is 0 Å². The molecule has 0 radical (unpaired) electrons. The molecule has 0 fully saturated rings. The molecule has 0 aliphatic rings. The van der Waals surface area contributed by atoms with E-state index in [1.807, 2.05) is 6.92 Å². The second kappa shape index (κ2) is 5.26. The van der Waals surface area contributed by atoms with Gasteiger partial charge in [0.05, 0.1) is 4.47 Å². The molecule has 17 heavy (non-hydrogen) atoms. The van der Waals surface area contributed by atoms with E-state index in [0.29, 0.717) is 10.4 Å². The predicted molar refractivity (Wildman–Crippen MR) is 76.9 cm³/mol. The van der Waals surface area contributed by atoms with Crippen LogP contribution in [0.5, 0.6) is 0 Å². The maximum absolute atomic E-state index is 13.2. The Morgan fingerprint density at radius 2 is 1.94 bits per heavy atom. The molecule has 2 rings (SSSR count). The zero-order chi connectivity index (χ0) is 12.4. The van der Waals surface area contributed by atoms with E-state index in [0.717, 1.165) is 14.8 Å². The largest absolute Gasteiger partial charge is 0.324 e. The highest BCUT2D eigenvalue weighted by atomic mass is 127. The number of benzene rings is 1. The Morgan fingerprint density at radius 1 is 1.29 bits per heavy atom. The molecule has 0 spiro atoms. The number of hydrogen-bond donors (Lipinski definition) is 1. The minimum Gasteiger partial charge on any atom is -0.324 e. The van der Waals surface area contributed by atoms with E-state index in [-0.39, 0.29) is 5.82 Å². The number of halogens is 3. The molecule has 0 saturated carbocycles. The van der Waals surface area contributed by atoms with Crippen LogP contribution in [-0.2, 0) is 0 Å². The zero-order valence-electron chi connectivity index (χ0n) is 8.84. The molecule has 0 aliphatic heterocycles. The predicted octanol–water partition coefficient (Wildman–Crippen LogP) is 4.03. The van der Waals surface area contributed by atoms with Gasteiger partial charge < -0.3 is 5.32 Å². The summed E-state index contributed by atoms with van der Waals surface area (Å²) in [6.07, 6.45) is 3.42. The number of aromatic nitrogens is 2. The van der Waals surface area contributed by atoms with E-state index < -0.39 is 0 Å². The molecule has 88 valence electrons. The topological polar surface area (TPSA) is 37.8 Å². The first-order chi connectivity index (χ1) is 8.06. The fourth-order valence-electron chi connectivity index (χ4n) is 1.28. The summed E-state index contributed by atoms with van der Waals surface area (Å²) in [6, 6.07) is 3.13. The summed E-state index contributed by atoms with van der Waals surface area (Å²) >= 11 is 5.28. The standard InChI is InChI=1S/C11H8BrFIN3/c1-6-2-9(13)8(12)3-10(6)17-11-15-4-7(14)5-16-11/h2-5H,1H3,(H,15,16,17). The number of hydrogen-bond acceptors (Lipinski definition) is 3. The smallest absolute Gasteiger partial charge is 0.227 e. The Hall–Kier alpha value is -0.760. The average Bonchev–Trinajstić information content (AvgIpc) is 2.29. The van der Waals surface area contributed by atoms with E-state index in [9.17, 15) is 4.39 Å². The molecule has 0 saturated heterocycles. The Morgan fingerprint density at radius 3 is 2.59 bits per heavy atom. The van der Waals surface area contributed by atoms with Crippen molar-refractivity contribution in [2.75, 3.05) is 5.32 Å². The first-order valence-corrected chi connectivity index (χ1v) is 6.63. The van der Waals surface area contributed by atoms with Crippen LogP contribution < -0.4 is 5.32 Å². The number of nitrogens with one attached hydrogen (secondary N) is 1. The summed E-state index contributed by atoms with van der Waals surface area (Å²) in [5.74, 6) is 0.212. The van der Waals surface area contributed by atoms with Crippen molar-refractivity contribution in [2.24, 2.45) is 0 Å². The molecule has 0 aliphatic carbocycles. The van der Waals surface area contributed by atoms with Crippen LogP contribution >= 0.6 is 38.5 Å². The highest BCUT2D eigenvalue weighted by molar-refractivity contribution is 14.1. The summed E-state index contributed by atoms with van der Waals surface area (Å²) in [6.45, 7) is 1.82. The lowest BCUT2D eigenvalue weighted by molar-refractivity contribution is 0.620. The average molecular weight is 408 g/mol. The van der Waals surface area contributed by atoms with Gasteiger partial charge in [0.15, 0.2) is 0 Å². The van der Waals surface area contributed by atoms with Crippen LogP contribution in [0, 0.1) is 16.3 Å². The van der Waals surface area contributed by atoms with Gasteiger partial charge in [0.25, 0.3) is 0 Å². The first kappa shape index (κ1) is 12.7. The van der Waals surface area contributed by atoms with Gasteiger partial charge in [-0.25, -0.2) is 14.4 Å². The van der Waals surface area contributed by atoms with Gasteiger partial charge in [-0.1, -0.05) is 0 Å². The number of aryl methyl sites for hydroxylation is 1.